The first-order chi connectivity index (χ1) is 9.32. The molecule has 0 spiro atoms. The first-order valence-corrected chi connectivity index (χ1v) is 8.17. The minimum Gasteiger partial charge on any atom is -0.347 e. The zero-order chi connectivity index (χ0) is 14.9. The molecule has 4 nitrogen and oxygen atoms in total. The smallest absolute Gasteiger partial charge is 0.240 e. The summed E-state index contributed by atoms with van der Waals surface area (Å²) >= 11 is 1.64. The summed E-state index contributed by atoms with van der Waals surface area (Å²) in [5.74, 6) is 0.518. The number of aryl methyl sites for hydroxylation is 2. The highest BCUT2D eigenvalue weighted by Gasteiger charge is 2.38. The minimum atomic E-state index is -0.695. The molecule has 1 aliphatic carbocycles. The second kappa shape index (κ2) is 5.82. The number of aromatic nitrogens is 1. The molecule has 1 aliphatic rings. The Balaban J connectivity index is 2.05. The molecule has 3 N–H and O–H groups in total. The summed E-state index contributed by atoms with van der Waals surface area (Å²) in [5.41, 5.74) is 6.65. The lowest BCUT2D eigenvalue weighted by Crippen LogP contribution is -2.56. The number of nitrogens with one attached hydrogen (secondary N) is 1. The van der Waals surface area contributed by atoms with Crippen LogP contribution in [-0.2, 0) is 4.79 Å². The van der Waals surface area contributed by atoms with Crippen molar-refractivity contribution in [2.75, 3.05) is 0 Å². The zero-order valence-corrected chi connectivity index (χ0v) is 13.6. The van der Waals surface area contributed by atoms with Crippen molar-refractivity contribution in [3.63, 3.8) is 0 Å². The molecule has 0 aromatic carbocycles. The van der Waals surface area contributed by atoms with Gasteiger partial charge in [0, 0.05) is 4.88 Å². The maximum atomic E-state index is 12.5. The molecular formula is C15H25N3OS. The molecule has 1 heterocycles. The SMILES string of the molecule is Cc1nc(C)c(C(C)NC(=O)C2(N)CCCC(C)C2)s1. The van der Waals surface area contributed by atoms with Gasteiger partial charge in [-0.25, -0.2) is 4.98 Å². The monoisotopic (exact) mass is 295 g/mol. The second-order valence-electron chi connectivity index (χ2n) is 6.24. The lowest BCUT2D eigenvalue weighted by molar-refractivity contribution is -0.128. The number of nitrogens with two attached hydrogens (primary N) is 1. The molecule has 112 valence electrons. The molecule has 1 amide bonds. The normalized spacial score (nSPS) is 28.1. The van der Waals surface area contributed by atoms with Crippen LogP contribution in [0.15, 0.2) is 0 Å². The van der Waals surface area contributed by atoms with Crippen LogP contribution in [0.25, 0.3) is 0 Å². The van der Waals surface area contributed by atoms with E-state index in [0.29, 0.717) is 5.92 Å². The third kappa shape index (κ3) is 3.20. The maximum Gasteiger partial charge on any atom is 0.240 e. The largest absolute Gasteiger partial charge is 0.347 e. The first kappa shape index (κ1) is 15.4. The Kier molecular flexibility index (Phi) is 4.49. The van der Waals surface area contributed by atoms with Crippen molar-refractivity contribution in [3.8, 4) is 0 Å². The molecule has 1 aromatic rings. The van der Waals surface area contributed by atoms with Gasteiger partial charge >= 0.3 is 0 Å². The summed E-state index contributed by atoms with van der Waals surface area (Å²) in [6.07, 6.45) is 3.79. The van der Waals surface area contributed by atoms with E-state index in [-0.39, 0.29) is 11.9 Å². The van der Waals surface area contributed by atoms with Crippen molar-refractivity contribution in [1.29, 1.82) is 0 Å². The molecule has 5 heteroatoms. The van der Waals surface area contributed by atoms with Crippen LogP contribution in [0.1, 0.15) is 61.2 Å². The summed E-state index contributed by atoms with van der Waals surface area (Å²) in [7, 11) is 0. The predicted octanol–water partition coefficient (Wildman–Crippen LogP) is 2.84. The van der Waals surface area contributed by atoms with Crippen LogP contribution in [0.4, 0.5) is 0 Å². The van der Waals surface area contributed by atoms with Crippen molar-refractivity contribution in [2.24, 2.45) is 11.7 Å². The highest BCUT2D eigenvalue weighted by Crippen LogP contribution is 2.32. The van der Waals surface area contributed by atoms with Gasteiger partial charge in [-0.2, -0.15) is 0 Å². The Morgan fingerprint density at radius 1 is 1.55 bits per heavy atom. The van der Waals surface area contributed by atoms with Crippen LogP contribution in [-0.4, -0.2) is 16.4 Å². The molecule has 0 radical (unpaired) electrons. The third-order valence-corrected chi connectivity index (χ3v) is 5.42. The van der Waals surface area contributed by atoms with E-state index in [1.165, 1.54) is 6.42 Å². The number of hydrogen-bond donors (Lipinski definition) is 2. The van der Waals surface area contributed by atoms with Crippen molar-refractivity contribution < 1.29 is 4.79 Å². The predicted molar refractivity (Wildman–Crippen MR) is 82.7 cm³/mol. The van der Waals surface area contributed by atoms with E-state index in [0.717, 1.165) is 34.8 Å². The van der Waals surface area contributed by atoms with Gasteiger partial charge in [-0.15, -0.1) is 11.3 Å². The summed E-state index contributed by atoms with van der Waals surface area (Å²) in [4.78, 5) is 18.1. The van der Waals surface area contributed by atoms with Crippen LogP contribution in [0.5, 0.6) is 0 Å². The van der Waals surface area contributed by atoms with Gasteiger partial charge in [0.05, 0.1) is 22.3 Å². The number of nitrogens with zero attached hydrogens (tertiary/aromatic N) is 1. The number of amides is 1. The molecule has 1 saturated carbocycles. The lowest BCUT2D eigenvalue weighted by Gasteiger charge is -2.36. The van der Waals surface area contributed by atoms with E-state index in [1.54, 1.807) is 11.3 Å². The number of carbonyl (C=O) groups excluding carboxylic acids is 1. The Hall–Kier alpha value is -0.940. The highest BCUT2D eigenvalue weighted by atomic mass is 32.1. The van der Waals surface area contributed by atoms with Gasteiger partial charge in [-0.3, -0.25) is 4.79 Å². The number of thiazole rings is 1. The molecule has 2 rings (SSSR count). The topological polar surface area (TPSA) is 68.0 Å². The lowest BCUT2D eigenvalue weighted by atomic mass is 9.76. The van der Waals surface area contributed by atoms with E-state index in [2.05, 4.69) is 17.2 Å². The van der Waals surface area contributed by atoms with Gasteiger partial charge in [0.1, 0.15) is 0 Å². The summed E-state index contributed by atoms with van der Waals surface area (Å²) in [5, 5.41) is 4.12. The van der Waals surface area contributed by atoms with Crippen LogP contribution < -0.4 is 11.1 Å². The first-order valence-electron chi connectivity index (χ1n) is 7.35. The van der Waals surface area contributed by atoms with Crippen LogP contribution >= 0.6 is 11.3 Å². The Bertz CT molecular complexity index is 499. The van der Waals surface area contributed by atoms with Gasteiger partial charge in [-0.1, -0.05) is 19.8 Å². The summed E-state index contributed by atoms with van der Waals surface area (Å²) in [6, 6.07) is -0.0219. The van der Waals surface area contributed by atoms with Gasteiger partial charge in [0.15, 0.2) is 0 Å². The van der Waals surface area contributed by atoms with Crippen LogP contribution in [0, 0.1) is 19.8 Å². The number of carbonyl (C=O) groups is 1. The van der Waals surface area contributed by atoms with Gasteiger partial charge in [0.2, 0.25) is 5.91 Å². The third-order valence-electron chi connectivity index (χ3n) is 4.17. The summed E-state index contributed by atoms with van der Waals surface area (Å²) in [6.45, 7) is 8.16. The maximum absolute atomic E-state index is 12.5. The van der Waals surface area contributed by atoms with E-state index in [1.807, 2.05) is 20.8 Å². The molecule has 1 aromatic heterocycles. The minimum absolute atomic E-state index is 0.0120. The molecule has 1 fully saturated rings. The second-order valence-corrected chi connectivity index (χ2v) is 7.47. The standard InChI is InChI=1S/C15H25N3OS/c1-9-6-5-7-15(16,8-9)14(19)18-11(3)13-10(2)17-12(4)20-13/h9,11H,5-8,16H2,1-4H3,(H,18,19). The van der Waals surface area contributed by atoms with E-state index in [9.17, 15) is 4.79 Å². The Labute approximate surface area is 125 Å². The van der Waals surface area contributed by atoms with Crippen molar-refractivity contribution >= 4 is 17.2 Å². The van der Waals surface area contributed by atoms with Crippen molar-refractivity contribution in [3.05, 3.63) is 15.6 Å². The fraction of sp³-hybridized carbons (Fsp3) is 0.733. The van der Waals surface area contributed by atoms with Crippen molar-refractivity contribution in [1.82, 2.24) is 10.3 Å². The van der Waals surface area contributed by atoms with E-state index >= 15 is 0 Å². The molecule has 0 bridgehead atoms. The molecule has 3 unspecified atom stereocenters. The Morgan fingerprint density at radius 3 is 2.80 bits per heavy atom. The van der Waals surface area contributed by atoms with E-state index < -0.39 is 5.54 Å². The number of rotatable bonds is 3. The zero-order valence-electron chi connectivity index (χ0n) is 12.8. The highest BCUT2D eigenvalue weighted by molar-refractivity contribution is 7.11. The molecule has 0 aliphatic heterocycles. The van der Waals surface area contributed by atoms with Crippen molar-refractivity contribution in [2.45, 2.75) is 65.0 Å². The molecule has 0 saturated heterocycles. The summed E-state index contributed by atoms with van der Waals surface area (Å²) < 4.78 is 0. The van der Waals surface area contributed by atoms with Gasteiger partial charge in [0.25, 0.3) is 0 Å². The van der Waals surface area contributed by atoms with Crippen LogP contribution in [0.2, 0.25) is 0 Å². The average Bonchev–Trinajstić information content (AvgIpc) is 2.68. The molecule has 20 heavy (non-hydrogen) atoms. The number of hydrogen-bond acceptors (Lipinski definition) is 4. The fourth-order valence-corrected chi connectivity index (χ4v) is 4.08. The van der Waals surface area contributed by atoms with Gasteiger partial charge in [-0.05, 0) is 39.5 Å². The fourth-order valence-electron chi connectivity index (χ4n) is 3.15. The molecular weight excluding hydrogens is 270 g/mol. The van der Waals surface area contributed by atoms with Gasteiger partial charge < -0.3 is 11.1 Å². The Morgan fingerprint density at radius 2 is 2.25 bits per heavy atom. The van der Waals surface area contributed by atoms with Crippen LogP contribution in [0.3, 0.4) is 0 Å². The average molecular weight is 295 g/mol. The quantitative estimate of drug-likeness (QED) is 0.901. The van der Waals surface area contributed by atoms with E-state index in [4.69, 9.17) is 5.73 Å². The molecule has 3 atom stereocenters.